The van der Waals surface area contributed by atoms with Gasteiger partial charge in [-0.3, -0.25) is 14.3 Å². The van der Waals surface area contributed by atoms with E-state index in [0.29, 0.717) is 30.7 Å². The van der Waals surface area contributed by atoms with Crippen LogP contribution in [0.2, 0.25) is 0 Å². The highest BCUT2D eigenvalue weighted by Gasteiger charge is 2.18. The van der Waals surface area contributed by atoms with Crippen LogP contribution >= 0.6 is 0 Å². The van der Waals surface area contributed by atoms with E-state index < -0.39 is 24.9 Å². The first-order valence-electron chi connectivity index (χ1n) is 12.0. The fourth-order valence-electron chi connectivity index (χ4n) is 3.71. The molecule has 0 saturated carbocycles. The number of nitrogens with one attached hydrogen (secondary N) is 1. The minimum Gasteiger partial charge on any atom is -0.487 e. The van der Waals surface area contributed by atoms with Crippen molar-refractivity contribution in [3.63, 3.8) is 0 Å². The Labute approximate surface area is 179 Å². The third-order valence-corrected chi connectivity index (χ3v) is 5.18. The standard InChI is InChI=1S/C23H21FN4O2/c1-27-21-6-8-25-13-20(21)19-5-4-17(10-22(19)27)28-9-7-18(11-23(28)29)30-14-16-3-2-15(24)12-26-16/h2-5,7,9-12,25H,6,8,13-14H2,1H3/i1D3,14D2. The van der Waals surface area contributed by atoms with Crippen LogP contribution in [0.25, 0.3) is 16.6 Å². The maximum Gasteiger partial charge on any atom is 0.258 e. The van der Waals surface area contributed by atoms with E-state index in [9.17, 15) is 9.18 Å². The first-order chi connectivity index (χ1) is 16.5. The quantitative estimate of drug-likeness (QED) is 0.563. The molecule has 0 fully saturated rings. The zero-order valence-electron chi connectivity index (χ0n) is 20.9. The van der Waals surface area contributed by atoms with Gasteiger partial charge in [-0.25, -0.2) is 4.39 Å². The minimum atomic E-state index is -2.39. The lowest BCUT2D eigenvalue weighted by molar-refractivity contribution is 0.300. The number of rotatable bonds is 4. The molecule has 152 valence electrons. The second-order valence-corrected chi connectivity index (χ2v) is 7.03. The molecule has 0 radical (unpaired) electrons. The van der Waals surface area contributed by atoms with E-state index in [4.69, 9.17) is 11.6 Å². The second-order valence-electron chi connectivity index (χ2n) is 7.03. The summed E-state index contributed by atoms with van der Waals surface area (Å²) in [6.45, 7) is -3.50. The van der Waals surface area contributed by atoms with Crippen molar-refractivity contribution >= 4 is 10.9 Å². The van der Waals surface area contributed by atoms with Crippen LogP contribution in [0, 0.1) is 5.82 Å². The van der Waals surface area contributed by atoms with Crippen LogP contribution in [0.4, 0.5) is 4.39 Å². The largest absolute Gasteiger partial charge is 0.487 e. The number of hydrogen-bond donors (Lipinski definition) is 1. The monoisotopic (exact) mass is 409 g/mol. The molecule has 1 aliphatic rings. The van der Waals surface area contributed by atoms with E-state index in [1.807, 2.05) is 6.07 Å². The van der Waals surface area contributed by atoms with Crippen LogP contribution in [0.3, 0.4) is 0 Å². The van der Waals surface area contributed by atoms with Crippen molar-refractivity contribution in [2.45, 2.75) is 19.5 Å². The molecule has 0 bridgehead atoms. The van der Waals surface area contributed by atoms with Crippen molar-refractivity contribution in [1.29, 1.82) is 0 Å². The second kappa shape index (κ2) is 7.42. The summed E-state index contributed by atoms with van der Waals surface area (Å²) in [6, 6.07) is 10.0. The Morgan fingerprint density at radius 3 is 3.03 bits per heavy atom. The summed E-state index contributed by atoms with van der Waals surface area (Å²) in [5, 5.41) is 4.09. The summed E-state index contributed by atoms with van der Waals surface area (Å²) >= 11 is 0. The van der Waals surface area contributed by atoms with Gasteiger partial charge in [0, 0.05) is 53.9 Å². The first-order valence-corrected chi connectivity index (χ1v) is 9.46. The van der Waals surface area contributed by atoms with Gasteiger partial charge < -0.3 is 14.6 Å². The van der Waals surface area contributed by atoms with Crippen LogP contribution in [-0.2, 0) is 26.5 Å². The normalized spacial score (nSPS) is 16.8. The Balaban J connectivity index is 1.52. The van der Waals surface area contributed by atoms with Crippen LogP contribution in [0.15, 0.2) is 59.7 Å². The van der Waals surface area contributed by atoms with Crippen molar-refractivity contribution in [2.75, 3.05) is 6.54 Å². The van der Waals surface area contributed by atoms with Gasteiger partial charge in [-0.15, -0.1) is 0 Å². The highest BCUT2D eigenvalue weighted by Crippen LogP contribution is 2.29. The molecule has 3 aromatic heterocycles. The fourth-order valence-corrected chi connectivity index (χ4v) is 3.71. The van der Waals surface area contributed by atoms with Gasteiger partial charge in [-0.2, -0.15) is 0 Å². The van der Waals surface area contributed by atoms with Crippen LogP contribution in [0.1, 0.15) is 23.8 Å². The SMILES string of the molecule is [2H]C([2H])(Oc1ccn(-c2ccc3c4c(n(C([2H])([2H])[2H])c3c2)CCNC4)c(=O)c1)c1ccc(F)cn1. The van der Waals surface area contributed by atoms with Crippen molar-refractivity contribution in [3.8, 4) is 11.4 Å². The smallest absolute Gasteiger partial charge is 0.258 e. The molecule has 0 aliphatic carbocycles. The number of aromatic nitrogens is 3. The van der Waals surface area contributed by atoms with E-state index in [-0.39, 0.29) is 11.4 Å². The van der Waals surface area contributed by atoms with E-state index in [2.05, 4.69) is 10.3 Å². The minimum absolute atomic E-state index is 0.0316. The lowest BCUT2D eigenvalue weighted by atomic mass is 10.1. The van der Waals surface area contributed by atoms with E-state index in [0.717, 1.165) is 35.0 Å². The Morgan fingerprint density at radius 1 is 1.30 bits per heavy atom. The summed E-state index contributed by atoms with van der Waals surface area (Å²) in [5.41, 5.74) is 2.05. The molecular weight excluding hydrogens is 383 g/mol. The van der Waals surface area contributed by atoms with Gasteiger partial charge in [0.05, 0.1) is 25.8 Å². The molecule has 0 saturated heterocycles. The number of aryl methyl sites for hydroxylation is 1. The van der Waals surface area contributed by atoms with Crippen molar-refractivity contribution in [2.24, 2.45) is 6.98 Å². The first kappa shape index (κ1) is 13.7. The summed E-state index contributed by atoms with van der Waals surface area (Å²) < 4.78 is 61.5. The summed E-state index contributed by atoms with van der Waals surface area (Å²) in [6.07, 6.45) is 2.90. The molecule has 1 aliphatic heterocycles. The number of hydrogen-bond acceptors (Lipinski definition) is 4. The molecule has 1 N–H and O–H groups in total. The molecule has 0 unspecified atom stereocenters. The maximum absolute atomic E-state index is 13.1. The number of benzene rings is 1. The fraction of sp³-hybridized carbons (Fsp3) is 0.217. The molecular formula is C23H21FN4O2. The van der Waals surface area contributed by atoms with Gasteiger partial charge in [0.1, 0.15) is 18.1 Å². The van der Waals surface area contributed by atoms with Gasteiger partial charge in [-0.05, 0) is 35.9 Å². The molecule has 0 atom stereocenters. The van der Waals surface area contributed by atoms with Crippen LogP contribution in [-0.4, -0.2) is 20.7 Å². The molecule has 30 heavy (non-hydrogen) atoms. The van der Waals surface area contributed by atoms with Crippen molar-refractivity contribution < 1.29 is 16.0 Å². The van der Waals surface area contributed by atoms with E-state index in [1.54, 1.807) is 12.1 Å². The third-order valence-electron chi connectivity index (χ3n) is 5.18. The molecule has 6 nitrogen and oxygen atoms in total. The molecule has 4 aromatic rings. The summed E-state index contributed by atoms with van der Waals surface area (Å²) in [4.78, 5) is 16.6. The van der Waals surface area contributed by atoms with Crippen molar-refractivity contribution in [1.82, 2.24) is 19.4 Å². The van der Waals surface area contributed by atoms with E-state index in [1.165, 1.54) is 27.5 Å². The Morgan fingerprint density at radius 2 is 2.23 bits per heavy atom. The maximum atomic E-state index is 13.1. The topological polar surface area (TPSA) is 61.1 Å². The van der Waals surface area contributed by atoms with Crippen molar-refractivity contribution in [3.05, 3.63) is 88.0 Å². The molecule has 1 aromatic carbocycles. The predicted octanol–water partition coefficient (Wildman–Crippen LogP) is 3.09. The average Bonchev–Trinajstić information content (AvgIpc) is 3.13. The number of pyridine rings is 2. The number of nitrogens with zero attached hydrogens (tertiary/aromatic N) is 3. The van der Waals surface area contributed by atoms with Gasteiger partial charge >= 0.3 is 0 Å². The van der Waals surface area contributed by atoms with Crippen LogP contribution < -0.4 is 15.6 Å². The van der Waals surface area contributed by atoms with Gasteiger partial charge in [-0.1, -0.05) is 6.07 Å². The zero-order chi connectivity index (χ0) is 25.0. The zero-order valence-corrected chi connectivity index (χ0v) is 15.9. The highest BCUT2D eigenvalue weighted by molar-refractivity contribution is 5.87. The predicted molar refractivity (Wildman–Crippen MR) is 112 cm³/mol. The molecule has 0 amide bonds. The number of ether oxygens (including phenoxy) is 1. The molecule has 5 rings (SSSR count). The van der Waals surface area contributed by atoms with Gasteiger partial charge in [0.15, 0.2) is 0 Å². The molecule has 7 heteroatoms. The number of fused-ring (bicyclic) bond motifs is 3. The van der Waals surface area contributed by atoms with E-state index >= 15 is 0 Å². The lowest BCUT2D eigenvalue weighted by Crippen LogP contribution is -2.24. The Bertz CT molecular complexity index is 1480. The van der Waals surface area contributed by atoms with Crippen LogP contribution in [0.5, 0.6) is 5.75 Å². The summed E-state index contributed by atoms with van der Waals surface area (Å²) in [7, 11) is 0. The third kappa shape index (κ3) is 3.27. The molecule has 4 heterocycles. The Hall–Kier alpha value is -3.45. The summed E-state index contributed by atoms with van der Waals surface area (Å²) in [5.74, 6) is -0.637. The number of halogens is 1. The Kier molecular flexibility index (Phi) is 3.39. The van der Waals surface area contributed by atoms with Gasteiger partial charge in [0.2, 0.25) is 0 Å². The highest BCUT2D eigenvalue weighted by atomic mass is 19.1. The lowest BCUT2D eigenvalue weighted by Gasteiger charge is -2.14. The average molecular weight is 409 g/mol. The molecule has 0 spiro atoms. The van der Waals surface area contributed by atoms with Gasteiger partial charge in [0.25, 0.3) is 5.56 Å².